The third-order valence-electron chi connectivity index (χ3n) is 4.41. The summed E-state index contributed by atoms with van der Waals surface area (Å²) in [7, 11) is 0. The molecule has 3 aromatic rings. The van der Waals surface area contributed by atoms with Crippen LogP contribution in [0.25, 0.3) is 10.9 Å². The summed E-state index contributed by atoms with van der Waals surface area (Å²) >= 11 is 0. The van der Waals surface area contributed by atoms with Crippen LogP contribution in [0, 0.1) is 6.92 Å². The van der Waals surface area contributed by atoms with E-state index >= 15 is 0 Å². The van der Waals surface area contributed by atoms with E-state index in [0.29, 0.717) is 35.1 Å². The fourth-order valence-electron chi connectivity index (χ4n) is 2.95. The molecular formula is C21H21N3O3. The SMILES string of the molecule is CC(=O)c1cccc(NC(=O)CCCn2cnc3c(C)cccc3c2=O)c1. The normalized spacial score (nSPS) is 10.7. The van der Waals surface area contributed by atoms with E-state index in [1.54, 1.807) is 30.3 Å². The minimum atomic E-state index is -0.159. The van der Waals surface area contributed by atoms with Crippen molar-refractivity contribution < 1.29 is 9.59 Å². The van der Waals surface area contributed by atoms with E-state index in [9.17, 15) is 14.4 Å². The Hall–Kier alpha value is -3.28. The molecule has 0 aliphatic carbocycles. The first kappa shape index (κ1) is 18.5. The van der Waals surface area contributed by atoms with Crippen LogP contribution in [-0.4, -0.2) is 21.2 Å². The maximum Gasteiger partial charge on any atom is 0.261 e. The zero-order chi connectivity index (χ0) is 19.4. The van der Waals surface area contributed by atoms with E-state index in [1.165, 1.54) is 17.8 Å². The van der Waals surface area contributed by atoms with Crippen molar-refractivity contribution in [1.29, 1.82) is 0 Å². The topological polar surface area (TPSA) is 81.1 Å². The van der Waals surface area contributed by atoms with Gasteiger partial charge in [-0.25, -0.2) is 4.98 Å². The summed E-state index contributed by atoms with van der Waals surface area (Å²) in [5.41, 5.74) is 2.72. The minimum absolute atomic E-state index is 0.0514. The van der Waals surface area contributed by atoms with Gasteiger partial charge < -0.3 is 5.32 Å². The second-order valence-electron chi connectivity index (χ2n) is 6.50. The summed E-state index contributed by atoms with van der Waals surface area (Å²) in [5, 5.41) is 3.37. The zero-order valence-corrected chi connectivity index (χ0v) is 15.4. The van der Waals surface area contributed by atoms with Gasteiger partial charge in [0, 0.05) is 24.2 Å². The van der Waals surface area contributed by atoms with Crippen LogP contribution < -0.4 is 10.9 Å². The predicted octanol–water partition coefficient (Wildman–Crippen LogP) is 3.33. The Balaban J connectivity index is 1.61. The highest BCUT2D eigenvalue weighted by molar-refractivity contribution is 5.97. The number of amides is 1. The maximum absolute atomic E-state index is 12.5. The fraction of sp³-hybridized carbons (Fsp3) is 0.238. The number of carbonyl (C=O) groups is 2. The van der Waals surface area contributed by atoms with Crippen molar-refractivity contribution in [1.82, 2.24) is 9.55 Å². The number of nitrogens with zero attached hydrogens (tertiary/aromatic N) is 2. The van der Waals surface area contributed by atoms with Gasteiger partial charge >= 0.3 is 0 Å². The third kappa shape index (κ3) is 4.28. The lowest BCUT2D eigenvalue weighted by molar-refractivity contribution is -0.116. The van der Waals surface area contributed by atoms with Crippen LogP contribution in [0.5, 0.6) is 0 Å². The summed E-state index contributed by atoms with van der Waals surface area (Å²) in [6.45, 7) is 3.82. The predicted molar refractivity (Wildman–Crippen MR) is 105 cm³/mol. The van der Waals surface area contributed by atoms with Crippen LogP contribution in [0.15, 0.2) is 53.6 Å². The summed E-state index contributed by atoms with van der Waals surface area (Å²) in [6.07, 6.45) is 2.31. The highest BCUT2D eigenvalue weighted by atomic mass is 16.1. The minimum Gasteiger partial charge on any atom is -0.326 e. The summed E-state index contributed by atoms with van der Waals surface area (Å²) in [6, 6.07) is 12.4. The van der Waals surface area contributed by atoms with Crippen LogP contribution in [0.2, 0.25) is 0 Å². The number of hydrogen-bond acceptors (Lipinski definition) is 4. The number of Topliss-reactive ketones (excluding diaryl/α,β-unsaturated/α-hetero) is 1. The number of rotatable bonds is 6. The van der Waals surface area contributed by atoms with E-state index in [0.717, 1.165) is 5.56 Å². The van der Waals surface area contributed by atoms with Gasteiger partial charge in [-0.15, -0.1) is 0 Å². The summed E-state index contributed by atoms with van der Waals surface area (Å²) in [5.74, 6) is -0.210. The van der Waals surface area contributed by atoms with Gasteiger partial charge in [0.2, 0.25) is 5.91 Å². The number of fused-ring (bicyclic) bond motifs is 1. The average Bonchev–Trinajstić information content (AvgIpc) is 2.64. The van der Waals surface area contributed by atoms with Crippen LogP contribution in [0.3, 0.4) is 0 Å². The highest BCUT2D eigenvalue weighted by Crippen LogP contribution is 2.13. The first-order chi connectivity index (χ1) is 13.0. The highest BCUT2D eigenvalue weighted by Gasteiger charge is 2.08. The molecule has 3 rings (SSSR count). The largest absolute Gasteiger partial charge is 0.326 e. The number of hydrogen-bond donors (Lipinski definition) is 1. The van der Waals surface area contributed by atoms with E-state index < -0.39 is 0 Å². The molecule has 0 bridgehead atoms. The molecule has 0 unspecified atom stereocenters. The van der Waals surface area contributed by atoms with Gasteiger partial charge in [0.15, 0.2) is 5.78 Å². The van der Waals surface area contributed by atoms with Crippen molar-refractivity contribution in [3.63, 3.8) is 0 Å². The molecule has 0 spiro atoms. The lowest BCUT2D eigenvalue weighted by Crippen LogP contribution is -2.22. The number of aromatic nitrogens is 2. The van der Waals surface area contributed by atoms with Crippen molar-refractivity contribution in [2.45, 2.75) is 33.2 Å². The Bertz CT molecular complexity index is 1070. The van der Waals surface area contributed by atoms with E-state index in [4.69, 9.17) is 0 Å². The summed E-state index contributed by atoms with van der Waals surface area (Å²) in [4.78, 5) is 40.4. The lowest BCUT2D eigenvalue weighted by Gasteiger charge is -2.09. The molecule has 0 atom stereocenters. The standard InChI is InChI=1S/C21H21N3O3/c1-14-6-3-9-18-20(14)22-13-24(21(18)27)11-5-10-19(26)23-17-8-4-7-16(12-17)15(2)25/h3-4,6-9,12-13H,5,10-11H2,1-2H3,(H,23,26). The molecule has 6 heteroatoms. The Morgan fingerprint density at radius 2 is 1.93 bits per heavy atom. The number of carbonyl (C=O) groups excluding carboxylic acids is 2. The van der Waals surface area contributed by atoms with Crippen molar-refractivity contribution in [3.05, 3.63) is 70.3 Å². The second-order valence-corrected chi connectivity index (χ2v) is 6.50. The molecule has 0 saturated heterocycles. The molecule has 1 heterocycles. The quantitative estimate of drug-likeness (QED) is 0.681. The van der Waals surface area contributed by atoms with Crippen molar-refractivity contribution in [3.8, 4) is 0 Å². The van der Waals surface area contributed by atoms with Gasteiger partial charge in [0.25, 0.3) is 5.56 Å². The third-order valence-corrected chi connectivity index (χ3v) is 4.41. The van der Waals surface area contributed by atoms with Gasteiger partial charge in [-0.3, -0.25) is 19.0 Å². The first-order valence-electron chi connectivity index (χ1n) is 8.81. The fourth-order valence-corrected chi connectivity index (χ4v) is 2.95. The molecule has 2 aromatic carbocycles. The lowest BCUT2D eigenvalue weighted by atomic mass is 10.1. The van der Waals surface area contributed by atoms with Crippen LogP contribution in [0.4, 0.5) is 5.69 Å². The molecule has 0 fully saturated rings. The number of nitrogens with one attached hydrogen (secondary N) is 1. The van der Waals surface area contributed by atoms with Gasteiger partial charge in [0.1, 0.15) is 0 Å². The number of ketones is 1. The molecule has 1 amide bonds. The molecule has 0 aliphatic heterocycles. The zero-order valence-electron chi connectivity index (χ0n) is 15.4. The Kier molecular flexibility index (Phi) is 5.45. The van der Waals surface area contributed by atoms with Gasteiger partial charge in [0.05, 0.1) is 17.2 Å². The molecule has 138 valence electrons. The second kappa shape index (κ2) is 7.95. The van der Waals surface area contributed by atoms with Gasteiger partial charge in [-0.2, -0.15) is 0 Å². The van der Waals surface area contributed by atoms with E-state index in [-0.39, 0.29) is 23.7 Å². The monoisotopic (exact) mass is 363 g/mol. The maximum atomic E-state index is 12.5. The van der Waals surface area contributed by atoms with E-state index in [1.807, 2.05) is 19.1 Å². The molecular weight excluding hydrogens is 342 g/mol. The summed E-state index contributed by atoms with van der Waals surface area (Å²) < 4.78 is 1.53. The number of benzene rings is 2. The van der Waals surface area contributed by atoms with Gasteiger partial charge in [-0.05, 0) is 44.0 Å². The average molecular weight is 363 g/mol. The number of para-hydroxylation sites is 1. The Morgan fingerprint density at radius 1 is 1.15 bits per heavy atom. The van der Waals surface area contributed by atoms with Crippen molar-refractivity contribution >= 4 is 28.3 Å². The molecule has 0 saturated carbocycles. The molecule has 1 N–H and O–H groups in total. The molecule has 27 heavy (non-hydrogen) atoms. The van der Waals surface area contributed by atoms with E-state index in [2.05, 4.69) is 10.3 Å². The van der Waals surface area contributed by atoms with Crippen LogP contribution in [-0.2, 0) is 11.3 Å². The smallest absolute Gasteiger partial charge is 0.261 e. The van der Waals surface area contributed by atoms with Crippen LogP contribution >= 0.6 is 0 Å². The van der Waals surface area contributed by atoms with Crippen molar-refractivity contribution in [2.24, 2.45) is 0 Å². The number of anilines is 1. The Morgan fingerprint density at radius 3 is 2.70 bits per heavy atom. The molecule has 0 radical (unpaired) electrons. The molecule has 0 aliphatic rings. The van der Waals surface area contributed by atoms with Crippen molar-refractivity contribution in [2.75, 3.05) is 5.32 Å². The van der Waals surface area contributed by atoms with Crippen LogP contribution in [0.1, 0.15) is 35.7 Å². The Labute approximate surface area is 156 Å². The van der Waals surface area contributed by atoms with Gasteiger partial charge in [-0.1, -0.05) is 24.3 Å². The molecule has 6 nitrogen and oxygen atoms in total. The molecule has 1 aromatic heterocycles. The number of aryl methyl sites for hydroxylation is 2. The first-order valence-corrected chi connectivity index (χ1v) is 8.81.